The van der Waals surface area contributed by atoms with Gasteiger partial charge in [-0.3, -0.25) is 4.79 Å². The molecule has 0 atom stereocenters. The zero-order valence-corrected chi connectivity index (χ0v) is 11.0. The molecule has 2 N–H and O–H groups in total. The Kier molecular flexibility index (Phi) is 2.66. The van der Waals surface area contributed by atoms with Crippen LogP contribution in [0.15, 0.2) is 6.33 Å². The quantitative estimate of drug-likeness (QED) is 0.846. The Morgan fingerprint density at radius 3 is 3.17 bits per heavy atom. The Morgan fingerprint density at radius 2 is 2.39 bits per heavy atom. The number of rotatable bonds is 1. The van der Waals surface area contributed by atoms with Crippen molar-refractivity contribution in [2.75, 3.05) is 12.3 Å². The molecule has 0 saturated heterocycles. The lowest BCUT2D eigenvalue weighted by atomic mass is 10.0. The van der Waals surface area contributed by atoms with Gasteiger partial charge in [-0.25, -0.2) is 9.97 Å². The second-order valence-corrected chi connectivity index (χ2v) is 5.45. The van der Waals surface area contributed by atoms with Crippen molar-refractivity contribution in [2.24, 2.45) is 0 Å². The molecule has 2 aromatic rings. The first-order valence-corrected chi connectivity index (χ1v) is 6.80. The van der Waals surface area contributed by atoms with Gasteiger partial charge in [0, 0.05) is 17.8 Å². The van der Waals surface area contributed by atoms with Gasteiger partial charge >= 0.3 is 0 Å². The molecular weight excluding hydrogens is 248 g/mol. The van der Waals surface area contributed by atoms with Crippen LogP contribution in [0.25, 0.3) is 10.2 Å². The maximum atomic E-state index is 11.7. The van der Waals surface area contributed by atoms with Crippen LogP contribution in [-0.2, 0) is 17.8 Å². The molecule has 94 valence electrons. The van der Waals surface area contributed by atoms with Crippen LogP contribution in [0.2, 0.25) is 0 Å². The first-order valence-electron chi connectivity index (χ1n) is 5.99. The molecule has 0 saturated carbocycles. The number of nitrogens with zero attached hydrogens (tertiary/aromatic N) is 3. The summed E-state index contributed by atoms with van der Waals surface area (Å²) in [4.78, 5) is 24.1. The number of anilines is 1. The van der Waals surface area contributed by atoms with E-state index in [0.717, 1.165) is 23.2 Å². The maximum Gasteiger partial charge on any atom is 0.222 e. The van der Waals surface area contributed by atoms with Crippen molar-refractivity contribution in [3.8, 4) is 0 Å². The van der Waals surface area contributed by atoms with Crippen LogP contribution in [0.5, 0.6) is 0 Å². The Balaban J connectivity index is 2.05. The number of aromatic nitrogens is 2. The molecule has 0 aliphatic carbocycles. The third kappa shape index (κ3) is 1.64. The van der Waals surface area contributed by atoms with Crippen molar-refractivity contribution < 1.29 is 4.79 Å². The van der Waals surface area contributed by atoms with E-state index in [1.807, 2.05) is 11.8 Å². The summed E-state index contributed by atoms with van der Waals surface area (Å²) in [6, 6.07) is 0. The molecule has 0 bridgehead atoms. The van der Waals surface area contributed by atoms with Gasteiger partial charge in [0.2, 0.25) is 5.91 Å². The van der Waals surface area contributed by atoms with Crippen molar-refractivity contribution in [1.29, 1.82) is 0 Å². The first-order chi connectivity index (χ1) is 8.70. The number of nitrogens with two attached hydrogens (primary N) is 1. The smallest absolute Gasteiger partial charge is 0.222 e. The average molecular weight is 262 g/mol. The van der Waals surface area contributed by atoms with Crippen molar-refractivity contribution in [3.63, 3.8) is 0 Å². The lowest BCUT2D eigenvalue weighted by Gasteiger charge is -2.26. The van der Waals surface area contributed by atoms with Crippen LogP contribution in [-0.4, -0.2) is 27.3 Å². The zero-order chi connectivity index (χ0) is 12.7. The summed E-state index contributed by atoms with van der Waals surface area (Å²) in [5.41, 5.74) is 7.15. The standard InChI is InChI=1S/C12H14N4OS/c1-2-9(17)16-4-3-7-8(5-16)18-12-10(7)11(13)14-6-15-12/h6H,2-5H2,1H3,(H2,13,14,15). The number of hydrogen-bond acceptors (Lipinski definition) is 5. The second-order valence-electron chi connectivity index (χ2n) is 4.36. The number of carbonyl (C=O) groups excluding carboxylic acids is 1. The third-order valence-electron chi connectivity index (χ3n) is 3.32. The van der Waals surface area contributed by atoms with E-state index >= 15 is 0 Å². The lowest BCUT2D eigenvalue weighted by molar-refractivity contribution is -0.131. The van der Waals surface area contributed by atoms with Gasteiger partial charge in [0.25, 0.3) is 0 Å². The molecule has 1 aliphatic rings. The number of fused-ring (bicyclic) bond motifs is 3. The number of thiophene rings is 1. The molecule has 0 spiro atoms. The average Bonchev–Trinajstić information content (AvgIpc) is 2.76. The van der Waals surface area contributed by atoms with Gasteiger partial charge in [-0.05, 0) is 12.0 Å². The minimum atomic E-state index is 0.206. The predicted molar refractivity (Wildman–Crippen MR) is 71.2 cm³/mol. The lowest BCUT2D eigenvalue weighted by Crippen LogP contribution is -2.34. The van der Waals surface area contributed by atoms with E-state index in [1.54, 1.807) is 11.3 Å². The fraction of sp³-hybridized carbons (Fsp3) is 0.417. The highest BCUT2D eigenvalue weighted by Crippen LogP contribution is 2.36. The summed E-state index contributed by atoms with van der Waals surface area (Å²) in [6.45, 7) is 3.34. The summed E-state index contributed by atoms with van der Waals surface area (Å²) >= 11 is 1.62. The Labute approximate surface area is 109 Å². The molecule has 18 heavy (non-hydrogen) atoms. The van der Waals surface area contributed by atoms with E-state index < -0.39 is 0 Å². The summed E-state index contributed by atoms with van der Waals surface area (Å²) in [5, 5.41) is 0.987. The van der Waals surface area contributed by atoms with Gasteiger partial charge in [-0.1, -0.05) is 6.92 Å². The van der Waals surface area contributed by atoms with Gasteiger partial charge in [-0.2, -0.15) is 0 Å². The fourth-order valence-electron chi connectivity index (χ4n) is 2.39. The minimum Gasteiger partial charge on any atom is -0.383 e. The Morgan fingerprint density at radius 1 is 1.56 bits per heavy atom. The highest BCUT2D eigenvalue weighted by molar-refractivity contribution is 7.18. The molecule has 2 aromatic heterocycles. The Bertz CT molecular complexity index is 622. The molecule has 0 aromatic carbocycles. The monoisotopic (exact) mass is 262 g/mol. The van der Waals surface area contributed by atoms with E-state index in [4.69, 9.17) is 5.73 Å². The van der Waals surface area contributed by atoms with Gasteiger partial charge in [0.15, 0.2) is 0 Å². The second kappa shape index (κ2) is 4.20. The number of amides is 1. The van der Waals surface area contributed by atoms with Crippen molar-refractivity contribution in [3.05, 3.63) is 16.8 Å². The van der Waals surface area contributed by atoms with Crippen LogP contribution < -0.4 is 5.73 Å². The molecule has 1 aliphatic heterocycles. The largest absolute Gasteiger partial charge is 0.383 e. The highest BCUT2D eigenvalue weighted by Gasteiger charge is 2.24. The molecule has 0 unspecified atom stereocenters. The molecule has 1 amide bonds. The minimum absolute atomic E-state index is 0.206. The molecule has 5 nitrogen and oxygen atoms in total. The number of nitrogen functional groups attached to an aromatic ring is 1. The first kappa shape index (κ1) is 11.4. The topological polar surface area (TPSA) is 72.1 Å². The molecule has 0 radical (unpaired) electrons. The van der Waals surface area contributed by atoms with Gasteiger partial charge in [0.05, 0.1) is 11.9 Å². The van der Waals surface area contributed by atoms with Crippen LogP contribution in [0.4, 0.5) is 5.82 Å². The highest BCUT2D eigenvalue weighted by atomic mass is 32.1. The molecule has 3 heterocycles. The summed E-state index contributed by atoms with van der Waals surface area (Å²) < 4.78 is 0. The van der Waals surface area contributed by atoms with Crippen LogP contribution in [0.3, 0.4) is 0 Å². The van der Waals surface area contributed by atoms with Gasteiger partial charge < -0.3 is 10.6 Å². The molecular formula is C12H14N4OS. The van der Waals surface area contributed by atoms with E-state index in [9.17, 15) is 4.79 Å². The SMILES string of the molecule is CCC(=O)N1CCc2c(sc3ncnc(N)c23)C1. The number of hydrogen-bond donors (Lipinski definition) is 1. The van der Waals surface area contributed by atoms with Crippen LogP contribution >= 0.6 is 11.3 Å². The van der Waals surface area contributed by atoms with Crippen LogP contribution in [0.1, 0.15) is 23.8 Å². The third-order valence-corrected chi connectivity index (χ3v) is 4.45. The summed E-state index contributed by atoms with van der Waals surface area (Å²) in [5.74, 6) is 0.755. The van der Waals surface area contributed by atoms with Crippen molar-refractivity contribution in [1.82, 2.24) is 14.9 Å². The molecule has 0 fully saturated rings. The van der Waals surface area contributed by atoms with E-state index in [2.05, 4.69) is 9.97 Å². The van der Waals surface area contributed by atoms with Crippen molar-refractivity contribution in [2.45, 2.75) is 26.3 Å². The number of carbonyl (C=O) groups is 1. The fourth-order valence-corrected chi connectivity index (χ4v) is 3.60. The van der Waals surface area contributed by atoms with E-state index in [-0.39, 0.29) is 5.91 Å². The van der Waals surface area contributed by atoms with Gasteiger partial charge in [0.1, 0.15) is 17.0 Å². The molecule has 6 heteroatoms. The predicted octanol–water partition coefficient (Wildman–Crippen LogP) is 1.57. The van der Waals surface area contributed by atoms with Crippen molar-refractivity contribution >= 4 is 33.3 Å². The summed E-state index contributed by atoms with van der Waals surface area (Å²) in [6.07, 6.45) is 2.90. The molecule has 3 rings (SSSR count). The van der Waals surface area contributed by atoms with E-state index in [0.29, 0.717) is 18.8 Å². The maximum absolute atomic E-state index is 11.7. The van der Waals surface area contributed by atoms with Gasteiger partial charge in [-0.15, -0.1) is 11.3 Å². The Hall–Kier alpha value is -1.69. The summed E-state index contributed by atoms with van der Waals surface area (Å²) in [7, 11) is 0. The van der Waals surface area contributed by atoms with E-state index in [1.165, 1.54) is 16.8 Å². The zero-order valence-electron chi connectivity index (χ0n) is 10.1. The van der Waals surface area contributed by atoms with Crippen LogP contribution in [0, 0.1) is 0 Å². The normalized spacial score (nSPS) is 14.8.